The van der Waals surface area contributed by atoms with Crippen molar-refractivity contribution in [3.8, 4) is 0 Å². The van der Waals surface area contributed by atoms with Crippen molar-refractivity contribution in [3.05, 3.63) is 35.1 Å². The zero-order chi connectivity index (χ0) is 18.8. The van der Waals surface area contributed by atoms with Crippen LogP contribution in [0, 0.1) is 5.82 Å². The van der Waals surface area contributed by atoms with Crippen LogP contribution in [0.25, 0.3) is 0 Å². The van der Waals surface area contributed by atoms with Crippen LogP contribution < -0.4 is 0 Å². The summed E-state index contributed by atoms with van der Waals surface area (Å²) in [5.41, 5.74) is -1.63. The van der Waals surface area contributed by atoms with Gasteiger partial charge in [-0.15, -0.1) is 0 Å². The van der Waals surface area contributed by atoms with Crippen LogP contribution in [0.1, 0.15) is 35.7 Å². The maximum Gasteiger partial charge on any atom is 0.419 e. The molecule has 1 fully saturated rings. The lowest BCUT2D eigenvalue weighted by molar-refractivity contribution is -0.140. The fourth-order valence-corrected chi connectivity index (χ4v) is 2.98. The van der Waals surface area contributed by atoms with E-state index in [4.69, 9.17) is 0 Å². The molecule has 8 heteroatoms. The van der Waals surface area contributed by atoms with Gasteiger partial charge in [-0.1, -0.05) is 13.3 Å². The Morgan fingerprint density at radius 3 is 2.56 bits per heavy atom. The Hall–Kier alpha value is -1.67. The summed E-state index contributed by atoms with van der Waals surface area (Å²) in [5, 5.41) is 9.36. The largest absolute Gasteiger partial charge is 0.419 e. The summed E-state index contributed by atoms with van der Waals surface area (Å²) in [4.78, 5) is 16.0. The van der Waals surface area contributed by atoms with Crippen LogP contribution in [-0.2, 0) is 6.18 Å². The van der Waals surface area contributed by atoms with Crippen molar-refractivity contribution in [1.82, 2.24) is 9.80 Å². The number of aliphatic hydroxyl groups is 1. The van der Waals surface area contributed by atoms with E-state index in [9.17, 15) is 27.5 Å². The number of carbonyl (C=O) groups is 1. The van der Waals surface area contributed by atoms with Crippen molar-refractivity contribution in [2.75, 3.05) is 26.7 Å². The Kier molecular flexibility index (Phi) is 6.05. The summed E-state index contributed by atoms with van der Waals surface area (Å²) in [6, 6.07) is 2.11. The topological polar surface area (TPSA) is 43.8 Å². The van der Waals surface area contributed by atoms with Crippen LogP contribution in [0.4, 0.5) is 17.6 Å². The van der Waals surface area contributed by atoms with E-state index in [0.29, 0.717) is 38.2 Å². The molecule has 0 aromatic heterocycles. The molecule has 4 nitrogen and oxygen atoms in total. The summed E-state index contributed by atoms with van der Waals surface area (Å²) in [5.74, 6) is -1.98. The van der Waals surface area contributed by atoms with E-state index >= 15 is 0 Å². The standard InChI is InChI=1S/C17H22F4N2O2/c1-3-4-12(8-23-9-13(24)10-23)22(2)16(25)11-5-6-15(18)14(7-11)17(19,20)21/h5-7,12-13,24H,3-4,8-10H2,1-2H3/t12-/m0/s1. The first-order valence-electron chi connectivity index (χ1n) is 8.17. The molecule has 0 saturated carbocycles. The number of amides is 1. The number of rotatable bonds is 6. The first kappa shape index (κ1) is 19.7. The first-order valence-corrected chi connectivity index (χ1v) is 8.17. The molecule has 1 aliphatic rings. The van der Waals surface area contributed by atoms with E-state index in [0.717, 1.165) is 12.5 Å². The zero-order valence-corrected chi connectivity index (χ0v) is 14.2. The predicted octanol–water partition coefficient (Wildman–Crippen LogP) is 2.76. The average Bonchev–Trinajstić information content (AvgIpc) is 2.50. The van der Waals surface area contributed by atoms with Gasteiger partial charge in [0.05, 0.1) is 11.7 Å². The third-order valence-electron chi connectivity index (χ3n) is 4.42. The minimum absolute atomic E-state index is 0.190. The summed E-state index contributed by atoms with van der Waals surface area (Å²) < 4.78 is 51.9. The highest BCUT2D eigenvalue weighted by atomic mass is 19.4. The van der Waals surface area contributed by atoms with Gasteiger partial charge in [0.1, 0.15) is 5.82 Å². The molecule has 1 atom stereocenters. The van der Waals surface area contributed by atoms with Crippen molar-refractivity contribution in [2.24, 2.45) is 0 Å². The van der Waals surface area contributed by atoms with Gasteiger partial charge in [-0.3, -0.25) is 9.69 Å². The number of hydrogen-bond acceptors (Lipinski definition) is 3. The smallest absolute Gasteiger partial charge is 0.390 e. The van der Waals surface area contributed by atoms with Gasteiger partial charge in [0.25, 0.3) is 5.91 Å². The third-order valence-corrected chi connectivity index (χ3v) is 4.42. The molecular weight excluding hydrogens is 340 g/mol. The Labute approximate surface area is 144 Å². The normalized spacial score (nSPS) is 17.2. The Morgan fingerprint density at radius 1 is 1.40 bits per heavy atom. The average molecular weight is 362 g/mol. The monoisotopic (exact) mass is 362 g/mol. The van der Waals surface area contributed by atoms with E-state index in [1.807, 2.05) is 11.8 Å². The zero-order valence-electron chi connectivity index (χ0n) is 14.2. The third kappa shape index (κ3) is 4.70. The molecule has 1 aromatic carbocycles. The fourth-order valence-electron chi connectivity index (χ4n) is 2.98. The van der Waals surface area contributed by atoms with Gasteiger partial charge in [0.15, 0.2) is 0 Å². The van der Waals surface area contributed by atoms with Crippen molar-refractivity contribution in [1.29, 1.82) is 0 Å². The molecular formula is C17H22F4N2O2. The molecule has 25 heavy (non-hydrogen) atoms. The molecule has 1 saturated heterocycles. The molecule has 1 aromatic rings. The lowest BCUT2D eigenvalue weighted by Crippen LogP contribution is -2.55. The van der Waals surface area contributed by atoms with Gasteiger partial charge in [-0.05, 0) is 24.6 Å². The van der Waals surface area contributed by atoms with Crippen LogP contribution >= 0.6 is 0 Å². The van der Waals surface area contributed by atoms with E-state index in [2.05, 4.69) is 0 Å². The molecule has 1 aliphatic heterocycles. The van der Waals surface area contributed by atoms with Crippen LogP contribution in [0.2, 0.25) is 0 Å². The maximum absolute atomic E-state index is 13.4. The molecule has 0 aliphatic carbocycles. The predicted molar refractivity (Wildman–Crippen MR) is 84.6 cm³/mol. The lowest BCUT2D eigenvalue weighted by atomic mass is 10.0. The van der Waals surface area contributed by atoms with E-state index in [1.54, 1.807) is 0 Å². The first-order chi connectivity index (χ1) is 11.6. The van der Waals surface area contributed by atoms with Crippen molar-refractivity contribution < 1.29 is 27.5 Å². The SMILES string of the molecule is CCC[C@@H](CN1CC(O)C1)N(C)C(=O)c1ccc(F)c(C(F)(F)F)c1. The van der Waals surface area contributed by atoms with E-state index in [1.165, 1.54) is 11.9 Å². The molecule has 2 rings (SSSR count). The van der Waals surface area contributed by atoms with Crippen molar-refractivity contribution in [2.45, 2.75) is 38.1 Å². The number of benzene rings is 1. The summed E-state index contributed by atoms with van der Waals surface area (Å²) in [6.45, 7) is 3.55. The Morgan fingerprint density at radius 2 is 2.04 bits per heavy atom. The highest BCUT2D eigenvalue weighted by Crippen LogP contribution is 2.32. The molecule has 0 bridgehead atoms. The summed E-state index contributed by atoms with van der Waals surface area (Å²) >= 11 is 0. The molecule has 1 N–H and O–H groups in total. The minimum atomic E-state index is -4.85. The van der Waals surface area contributed by atoms with Crippen LogP contribution in [0.15, 0.2) is 18.2 Å². The second kappa shape index (κ2) is 7.70. The minimum Gasteiger partial charge on any atom is -0.390 e. The molecule has 140 valence electrons. The van der Waals surface area contributed by atoms with Gasteiger partial charge in [-0.25, -0.2) is 4.39 Å². The number of hydrogen-bond donors (Lipinski definition) is 1. The molecule has 1 heterocycles. The van der Waals surface area contributed by atoms with Crippen molar-refractivity contribution in [3.63, 3.8) is 0 Å². The summed E-state index contributed by atoms with van der Waals surface area (Å²) in [6.07, 6.45) is -3.73. The maximum atomic E-state index is 13.4. The Bertz CT molecular complexity index is 615. The Balaban J connectivity index is 2.16. The van der Waals surface area contributed by atoms with E-state index in [-0.39, 0.29) is 17.7 Å². The lowest BCUT2D eigenvalue weighted by Gasteiger charge is -2.40. The number of aliphatic hydroxyl groups excluding tert-OH is 1. The number of halogens is 4. The van der Waals surface area contributed by atoms with Gasteiger partial charge in [-0.2, -0.15) is 13.2 Å². The van der Waals surface area contributed by atoms with Crippen LogP contribution in [-0.4, -0.2) is 59.6 Å². The molecule has 0 spiro atoms. The van der Waals surface area contributed by atoms with Crippen molar-refractivity contribution >= 4 is 5.91 Å². The van der Waals surface area contributed by atoms with Gasteiger partial charge >= 0.3 is 6.18 Å². The number of likely N-dealkylation sites (N-methyl/N-ethyl adjacent to an activating group) is 1. The second-order valence-corrected chi connectivity index (χ2v) is 6.42. The highest BCUT2D eigenvalue weighted by molar-refractivity contribution is 5.94. The van der Waals surface area contributed by atoms with Gasteiger partial charge in [0, 0.05) is 38.3 Å². The number of likely N-dealkylation sites (tertiary alicyclic amines) is 1. The van der Waals surface area contributed by atoms with Crippen LogP contribution in [0.3, 0.4) is 0 Å². The second-order valence-electron chi connectivity index (χ2n) is 6.42. The van der Waals surface area contributed by atoms with Gasteiger partial charge < -0.3 is 10.0 Å². The fraction of sp³-hybridized carbons (Fsp3) is 0.588. The number of nitrogens with zero attached hydrogens (tertiary/aromatic N) is 2. The molecule has 0 radical (unpaired) electrons. The number of alkyl halides is 3. The van der Waals surface area contributed by atoms with Crippen LogP contribution in [0.5, 0.6) is 0 Å². The quantitative estimate of drug-likeness (QED) is 0.792. The summed E-state index contributed by atoms with van der Waals surface area (Å²) in [7, 11) is 1.54. The van der Waals surface area contributed by atoms with Gasteiger partial charge in [0.2, 0.25) is 0 Å². The molecule has 1 amide bonds. The molecule has 0 unspecified atom stereocenters. The van der Waals surface area contributed by atoms with E-state index < -0.39 is 23.5 Å². The number of carbonyl (C=O) groups excluding carboxylic acids is 1. The number of β-amino-alcohol motifs (C(OH)–C–C–N with tert-alkyl or cyclic N) is 1. The highest BCUT2D eigenvalue weighted by Gasteiger charge is 2.35.